The van der Waals surface area contributed by atoms with Crippen LogP contribution in [0.4, 0.5) is 11.5 Å². The predicted octanol–water partition coefficient (Wildman–Crippen LogP) is 0.636. The maximum absolute atomic E-state index is 11.2. The lowest BCUT2D eigenvalue weighted by molar-refractivity contribution is 0.399. The first-order valence-corrected chi connectivity index (χ1v) is 6.89. The topological polar surface area (TPSA) is 90.1 Å². The molecule has 6 nitrogen and oxygen atoms in total. The van der Waals surface area contributed by atoms with E-state index in [-0.39, 0.29) is 5.25 Å². The van der Waals surface area contributed by atoms with Crippen LogP contribution in [-0.4, -0.2) is 39.3 Å². The van der Waals surface area contributed by atoms with Crippen molar-refractivity contribution >= 4 is 22.3 Å². The van der Waals surface area contributed by atoms with Crippen LogP contribution in [0, 0.1) is 0 Å². The second kappa shape index (κ2) is 6.39. The number of anilines is 2. The molecule has 96 valence electrons. The molecule has 0 radical (unpaired) electrons. The van der Waals surface area contributed by atoms with E-state index in [2.05, 4.69) is 15.3 Å². The Bertz CT molecular complexity index is 400. The second-order valence-corrected chi connectivity index (χ2v) is 5.47. The lowest BCUT2D eigenvalue weighted by Gasteiger charge is -2.12. The highest BCUT2D eigenvalue weighted by Gasteiger charge is 2.09. The summed E-state index contributed by atoms with van der Waals surface area (Å²) in [6.07, 6.45) is 3.88. The summed E-state index contributed by atoms with van der Waals surface area (Å²) >= 11 is 0. The van der Waals surface area contributed by atoms with Gasteiger partial charge in [-0.2, -0.15) is 4.98 Å². The third kappa shape index (κ3) is 3.85. The number of ether oxygens (including phenoxy) is 1. The van der Waals surface area contributed by atoms with E-state index in [0.29, 0.717) is 23.9 Å². The first-order chi connectivity index (χ1) is 8.06. The van der Waals surface area contributed by atoms with Gasteiger partial charge in [-0.25, -0.2) is 4.98 Å². The van der Waals surface area contributed by atoms with Gasteiger partial charge in [0.15, 0.2) is 5.82 Å². The maximum atomic E-state index is 11.2. The van der Waals surface area contributed by atoms with E-state index >= 15 is 0 Å². The smallest absolute Gasteiger partial charge is 0.242 e. The zero-order valence-corrected chi connectivity index (χ0v) is 11.1. The Kier molecular flexibility index (Phi) is 5.14. The fourth-order valence-electron chi connectivity index (χ4n) is 1.24. The van der Waals surface area contributed by atoms with E-state index in [4.69, 9.17) is 10.5 Å². The SMILES string of the molecule is COc1ncnc(NCCC(C)S(C)=O)c1N. The van der Waals surface area contributed by atoms with Gasteiger partial charge in [0.2, 0.25) is 5.88 Å². The molecule has 0 aliphatic carbocycles. The Morgan fingerprint density at radius 1 is 1.59 bits per heavy atom. The molecule has 2 atom stereocenters. The maximum Gasteiger partial charge on any atom is 0.242 e. The fraction of sp³-hybridized carbons (Fsp3) is 0.600. The van der Waals surface area contributed by atoms with Crippen LogP contribution in [0.2, 0.25) is 0 Å². The Hall–Kier alpha value is -1.37. The molecule has 1 heterocycles. The highest BCUT2D eigenvalue weighted by atomic mass is 32.2. The molecule has 0 spiro atoms. The number of nitrogens with one attached hydrogen (secondary N) is 1. The Morgan fingerprint density at radius 2 is 2.29 bits per heavy atom. The van der Waals surface area contributed by atoms with Crippen molar-refractivity contribution in [2.24, 2.45) is 0 Å². The van der Waals surface area contributed by atoms with E-state index in [1.807, 2.05) is 6.92 Å². The lowest BCUT2D eigenvalue weighted by atomic mass is 10.3. The molecule has 0 bridgehead atoms. The van der Waals surface area contributed by atoms with Gasteiger partial charge in [-0.3, -0.25) is 4.21 Å². The van der Waals surface area contributed by atoms with E-state index < -0.39 is 10.8 Å². The molecule has 1 rings (SSSR count). The molecular weight excluding hydrogens is 240 g/mol. The van der Waals surface area contributed by atoms with Crippen molar-refractivity contribution in [3.05, 3.63) is 6.33 Å². The van der Waals surface area contributed by atoms with E-state index in [0.717, 1.165) is 6.42 Å². The number of rotatable bonds is 6. The van der Waals surface area contributed by atoms with Crippen LogP contribution < -0.4 is 15.8 Å². The summed E-state index contributed by atoms with van der Waals surface area (Å²) in [6.45, 7) is 2.60. The average Bonchev–Trinajstić information content (AvgIpc) is 2.31. The highest BCUT2D eigenvalue weighted by Crippen LogP contribution is 2.23. The van der Waals surface area contributed by atoms with Gasteiger partial charge in [-0.05, 0) is 6.42 Å². The van der Waals surface area contributed by atoms with Gasteiger partial charge in [0.1, 0.15) is 12.0 Å². The molecule has 2 unspecified atom stereocenters. The molecule has 17 heavy (non-hydrogen) atoms. The van der Waals surface area contributed by atoms with Crippen LogP contribution in [0.3, 0.4) is 0 Å². The minimum absolute atomic E-state index is 0.146. The van der Waals surface area contributed by atoms with E-state index in [1.54, 1.807) is 6.26 Å². The number of nitrogens with zero attached hydrogens (tertiary/aromatic N) is 2. The molecule has 0 amide bonds. The summed E-state index contributed by atoms with van der Waals surface area (Å²) in [6, 6.07) is 0. The number of aromatic nitrogens is 2. The molecule has 7 heteroatoms. The summed E-state index contributed by atoms with van der Waals surface area (Å²) < 4.78 is 16.2. The third-order valence-electron chi connectivity index (χ3n) is 2.45. The van der Waals surface area contributed by atoms with Crippen molar-refractivity contribution in [2.45, 2.75) is 18.6 Å². The van der Waals surface area contributed by atoms with Crippen molar-refractivity contribution < 1.29 is 8.95 Å². The highest BCUT2D eigenvalue weighted by molar-refractivity contribution is 7.84. The van der Waals surface area contributed by atoms with Gasteiger partial charge >= 0.3 is 0 Å². The normalized spacial score (nSPS) is 14.1. The standard InChI is InChI=1S/C10H18N4O2S/c1-7(17(3)15)4-5-12-9-8(11)10(16-2)14-6-13-9/h6-7H,4-5,11H2,1-3H3,(H,12,13,14). The Labute approximate surface area is 103 Å². The molecule has 0 fully saturated rings. The molecule has 1 aromatic rings. The molecule has 1 aromatic heterocycles. The molecule has 0 aliphatic heterocycles. The van der Waals surface area contributed by atoms with Crippen molar-refractivity contribution in [1.29, 1.82) is 0 Å². The number of nitrogens with two attached hydrogens (primary N) is 1. The third-order valence-corrected chi connectivity index (χ3v) is 3.82. The molecule has 0 saturated carbocycles. The number of hydrogen-bond acceptors (Lipinski definition) is 6. The van der Waals surface area contributed by atoms with Gasteiger partial charge in [0.05, 0.1) is 7.11 Å². The van der Waals surface area contributed by atoms with Crippen LogP contribution in [-0.2, 0) is 10.8 Å². The Morgan fingerprint density at radius 3 is 2.88 bits per heavy atom. The lowest BCUT2D eigenvalue weighted by Crippen LogP contribution is -2.16. The predicted molar refractivity (Wildman–Crippen MR) is 69.6 cm³/mol. The summed E-state index contributed by atoms with van der Waals surface area (Å²) in [5.41, 5.74) is 6.19. The zero-order chi connectivity index (χ0) is 12.8. The van der Waals surface area contributed by atoms with Gasteiger partial charge < -0.3 is 15.8 Å². The van der Waals surface area contributed by atoms with Crippen LogP contribution >= 0.6 is 0 Å². The quantitative estimate of drug-likeness (QED) is 0.778. The van der Waals surface area contributed by atoms with Crippen LogP contribution in [0.1, 0.15) is 13.3 Å². The molecule has 0 aliphatic rings. The van der Waals surface area contributed by atoms with Crippen LogP contribution in [0.25, 0.3) is 0 Å². The molecule has 0 saturated heterocycles. The van der Waals surface area contributed by atoms with Gasteiger partial charge in [0, 0.05) is 28.9 Å². The fourth-order valence-corrected chi connectivity index (χ4v) is 1.69. The molecule has 3 N–H and O–H groups in total. The number of hydrogen-bond donors (Lipinski definition) is 2. The number of nitrogen functional groups attached to an aromatic ring is 1. The van der Waals surface area contributed by atoms with Gasteiger partial charge in [-0.15, -0.1) is 0 Å². The molecular formula is C10H18N4O2S. The summed E-state index contributed by atoms with van der Waals surface area (Å²) in [7, 11) is 0.696. The summed E-state index contributed by atoms with van der Waals surface area (Å²) in [5, 5.41) is 3.23. The summed E-state index contributed by atoms with van der Waals surface area (Å²) in [4.78, 5) is 7.91. The first-order valence-electron chi connectivity index (χ1n) is 5.26. The minimum Gasteiger partial charge on any atom is -0.479 e. The largest absolute Gasteiger partial charge is 0.479 e. The van der Waals surface area contributed by atoms with Crippen molar-refractivity contribution in [2.75, 3.05) is 31.0 Å². The van der Waals surface area contributed by atoms with Crippen molar-refractivity contribution in [3.8, 4) is 5.88 Å². The first kappa shape index (κ1) is 13.7. The molecule has 0 aromatic carbocycles. The van der Waals surface area contributed by atoms with Gasteiger partial charge in [0.25, 0.3) is 0 Å². The van der Waals surface area contributed by atoms with E-state index in [9.17, 15) is 4.21 Å². The zero-order valence-electron chi connectivity index (χ0n) is 10.3. The second-order valence-electron chi connectivity index (χ2n) is 3.67. The van der Waals surface area contributed by atoms with Gasteiger partial charge in [-0.1, -0.05) is 6.92 Å². The average molecular weight is 258 g/mol. The monoisotopic (exact) mass is 258 g/mol. The van der Waals surface area contributed by atoms with Crippen molar-refractivity contribution in [1.82, 2.24) is 9.97 Å². The van der Waals surface area contributed by atoms with Crippen LogP contribution in [0.5, 0.6) is 5.88 Å². The number of methoxy groups -OCH3 is 1. The van der Waals surface area contributed by atoms with Crippen molar-refractivity contribution in [3.63, 3.8) is 0 Å². The summed E-state index contributed by atoms with van der Waals surface area (Å²) in [5.74, 6) is 0.903. The van der Waals surface area contributed by atoms with Crippen LogP contribution in [0.15, 0.2) is 6.33 Å². The van der Waals surface area contributed by atoms with E-state index in [1.165, 1.54) is 13.4 Å². The minimum atomic E-state index is -0.808. The Balaban J connectivity index is 2.55.